The third-order valence-corrected chi connectivity index (χ3v) is 6.76. The van der Waals surface area contributed by atoms with Crippen LogP contribution in [0.25, 0.3) is 0 Å². The van der Waals surface area contributed by atoms with E-state index >= 15 is 0 Å². The van der Waals surface area contributed by atoms with Crippen LogP contribution in [0.15, 0.2) is 29.2 Å². The van der Waals surface area contributed by atoms with Gasteiger partial charge >= 0.3 is 6.03 Å². The lowest BCUT2D eigenvalue weighted by Crippen LogP contribution is -2.46. The largest absolute Gasteiger partial charge is 0.352 e. The molecule has 2 rings (SSSR count). The number of rotatable bonds is 7. The van der Waals surface area contributed by atoms with Crippen molar-refractivity contribution in [2.24, 2.45) is 17.6 Å². The number of amides is 3. The van der Waals surface area contributed by atoms with E-state index in [4.69, 9.17) is 5.73 Å². The van der Waals surface area contributed by atoms with Gasteiger partial charge in [-0.25, -0.2) is 13.2 Å². The molecule has 0 spiro atoms. The van der Waals surface area contributed by atoms with Crippen LogP contribution < -0.4 is 16.4 Å². The second kappa shape index (κ2) is 9.38. The molecule has 0 aromatic heterocycles. The highest BCUT2D eigenvalue weighted by Crippen LogP contribution is 2.24. The number of sulfonamides is 1. The Balaban J connectivity index is 2.06. The lowest BCUT2D eigenvalue weighted by molar-refractivity contribution is -0.118. The van der Waals surface area contributed by atoms with Crippen molar-refractivity contribution in [1.82, 2.24) is 9.62 Å². The number of hydrogen-bond donors (Lipinski definition) is 3. The Morgan fingerprint density at radius 2 is 1.75 bits per heavy atom. The molecule has 1 aliphatic rings. The van der Waals surface area contributed by atoms with Crippen molar-refractivity contribution < 1.29 is 18.0 Å². The average molecular weight is 411 g/mol. The quantitative estimate of drug-likeness (QED) is 0.637. The summed E-state index contributed by atoms with van der Waals surface area (Å²) >= 11 is 0. The number of carbonyl (C=O) groups is 2. The number of nitrogens with two attached hydrogens (primary N) is 1. The van der Waals surface area contributed by atoms with E-state index in [1.54, 1.807) is 12.1 Å². The van der Waals surface area contributed by atoms with E-state index in [0.717, 1.165) is 12.8 Å². The van der Waals surface area contributed by atoms with Gasteiger partial charge < -0.3 is 16.4 Å². The zero-order chi connectivity index (χ0) is 20.9. The molecule has 0 saturated carbocycles. The van der Waals surface area contributed by atoms with Crippen LogP contribution in [0.4, 0.5) is 10.5 Å². The summed E-state index contributed by atoms with van der Waals surface area (Å²) in [4.78, 5) is 23.8. The minimum Gasteiger partial charge on any atom is -0.352 e. The first-order valence-corrected chi connectivity index (χ1v) is 11.0. The van der Waals surface area contributed by atoms with E-state index in [1.807, 2.05) is 13.8 Å². The second-order valence-corrected chi connectivity index (χ2v) is 9.73. The Morgan fingerprint density at radius 1 is 1.18 bits per heavy atom. The molecule has 1 aromatic rings. The molecule has 4 N–H and O–H groups in total. The minimum atomic E-state index is -3.53. The number of piperidine rings is 1. The van der Waals surface area contributed by atoms with Gasteiger partial charge in [0.1, 0.15) is 6.04 Å². The minimum absolute atomic E-state index is 0.183. The molecular formula is C19H30N4O4S. The summed E-state index contributed by atoms with van der Waals surface area (Å²) in [6.45, 7) is 7.05. The van der Waals surface area contributed by atoms with Gasteiger partial charge in [-0.2, -0.15) is 4.31 Å². The summed E-state index contributed by atoms with van der Waals surface area (Å²) in [7, 11) is -3.53. The third-order valence-electron chi connectivity index (χ3n) is 4.84. The Morgan fingerprint density at radius 3 is 2.25 bits per heavy atom. The van der Waals surface area contributed by atoms with Gasteiger partial charge in [-0.15, -0.1) is 0 Å². The molecule has 0 aliphatic carbocycles. The summed E-state index contributed by atoms with van der Waals surface area (Å²) in [5.74, 6) is 0.326. The monoisotopic (exact) mass is 410 g/mol. The van der Waals surface area contributed by atoms with Crippen LogP contribution in [-0.4, -0.2) is 43.8 Å². The Labute approximate surface area is 166 Å². The highest BCUT2D eigenvalue weighted by Gasteiger charge is 2.28. The molecule has 1 atom stereocenters. The molecular weight excluding hydrogens is 380 g/mol. The fourth-order valence-electron chi connectivity index (χ4n) is 3.19. The first-order valence-electron chi connectivity index (χ1n) is 9.56. The highest BCUT2D eigenvalue weighted by molar-refractivity contribution is 7.89. The van der Waals surface area contributed by atoms with Gasteiger partial charge in [0.2, 0.25) is 15.9 Å². The highest BCUT2D eigenvalue weighted by atomic mass is 32.2. The van der Waals surface area contributed by atoms with Crippen molar-refractivity contribution in [1.29, 1.82) is 0 Å². The zero-order valence-electron chi connectivity index (χ0n) is 16.6. The number of benzene rings is 1. The van der Waals surface area contributed by atoms with Gasteiger partial charge in [-0.3, -0.25) is 4.79 Å². The topological polar surface area (TPSA) is 122 Å². The SMILES string of the molecule is CC(C)CC(NC(N)=O)C(=O)Nc1ccc(S(=O)(=O)N2CCC(C)CC2)cc1. The predicted molar refractivity (Wildman–Crippen MR) is 108 cm³/mol. The van der Waals surface area contributed by atoms with Crippen LogP contribution in [0.5, 0.6) is 0 Å². The Bertz CT molecular complexity index is 785. The molecule has 1 aromatic carbocycles. The summed E-state index contributed by atoms with van der Waals surface area (Å²) in [5.41, 5.74) is 5.60. The summed E-state index contributed by atoms with van der Waals surface area (Å²) < 4.78 is 27.0. The van der Waals surface area contributed by atoms with Crippen LogP contribution in [0, 0.1) is 11.8 Å². The Hall–Kier alpha value is -2.13. The lowest BCUT2D eigenvalue weighted by atomic mass is 10.0. The van der Waals surface area contributed by atoms with Crippen molar-refractivity contribution in [3.8, 4) is 0 Å². The molecule has 8 nitrogen and oxygen atoms in total. The molecule has 28 heavy (non-hydrogen) atoms. The van der Waals surface area contributed by atoms with Crippen LogP contribution in [0.1, 0.15) is 40.0 Å². The number of nitrogens with zero attached hydrogens (tertiary/aromatic N) is 1. The maximum Gasteiger partial charge on any atom is 0.312 e. The van der Waals surface area contributed by atoms with Crippen molar-refractivity contribution in [3.63, 3.8) is 0 Å². The van der Waals surface area contributed by atoms with E-state index in [2.05, 4.69) is 17.6 Å². The van der Waals surface area contributed by atoms with E-state index in [1.165, 1.54) is 16.4 Å². The number of carbonyl (C=O) groups excluding carboxylic acids is 2. The van der Waals surface area contributed by atoms with E-state index in [0.29, 0.717) is 31.1 Å². The third kappa shape index (κ3) is 5.93. The van der Waals surface area contributed by atoms with Crippen molar-refractivity contribution in [3.05, 3.63) is 24.3 Å². The second-order valence-electron chi connectivity index (χ2n) is 7.79. The molecule has 1 unspecified atom stereocenters. The van der Waals surface area contributed by atoms with E-state index in [9.17, 15) is 18.0 Å². The van der Waals surface area contributed by atoms with Crippen LogP contribution in [0.3, 0.4) is 0 Å². The van der Waals surface area contributed by atoms with Gasteiger partial charge in [-0.05, 0) is 55.4 Å². The number of urea groups is 1. The maximum absolute atomic E-state index is 12.8. The smallest absolute Gasteiger partial charge is 0.312 e. The molecule has 156 valence electrons. The molecule has 9 heteroatoms. The van der Waals surface area contributed by atoms with Crippen molar-refractivity contribution in [2.45, 2.75) is 51.0 Å². The van der Waals surface area contributed by atoms with Crippen molar-refractivity contribution >= 4 is 27.6 Å². The van der Waals surface area contributed by atoms with Crippen LogP contribution >= 0.6 is 0 Å². The van der Waals surface area contributed by atoms with Gasteiger partial charge in [0.25, 0.3) is 0 Å². The normalized spacial score (nSPS) is 17.3. The fourth-order valence-corrected chi connectivity index (χ4v) is 4.66. The van der Waals surface area contributed by atoms with E-state index < -0.39 is 28.0 Å². The fraction of sp³-hybridized carbons (Fsp3) is 0.579. The molecule has 1 heterocycles. The lowest BCUT2D eigenvalue weighted by Gasteiger charge is -2.29. The first kappa shape index (κ1) is 22.2. The first-order chi connectivity index (χ1) is 13.1. The average Bonchev–Trinajstić information content (AvgIpc) is 2.61. The molecule has 1 aliphatic heterocycles. The summed E-state index contributed by atoms with van der Waals surface area (Å²) in [6, 6.07) is 4.56. The van der Waals surface area contributed by atoms with E-state index in [-0.39, 0.29) is 10.8 Å². The van der Waals surface area contributed by atoms with Gasteiger partial charge in [0.05, 0.1) is 4.90 Å². The molecule has 1 saturated heterocycles. The predicted octanol–water partition coefficient (Wildman–Crippen LogP) is 2.13. The van der Waals surface area contributed by atoms with Crippen LogP contribution in [-0.2, 0) is 14.8 Å². The van der Waals surface area contributed by atoms with Gasteiger partial charge in [-0.1, -0.05) is 20.8 Å². The molecule has 0 radical (unpaired) electrons. The van der Waals surface area contributed by atoms with Gasteiger partial charge in [0, 0.05) is 18.8 Å². The Kier molecular flexibility index (Phi) is 7.42. The van der Waals surface area contributed by atoms with Gasteiger partial charge in [0.15, 0.2) is 0 Å². The maximum atomic E-state index is 12.8. The van der Waals surface area contributed by atoms with Crippen molar-refractivity contribution in [2.75, 3.05) is 18.4 Å². The number of hydrogen-bond acceptors (Lipinski definition) is 4. The molecule has 1 fully saturated rings. The summed E-state index contributed by atoms with van der Waals surface area (Å²) in [6.07, 6.45) is 2.16. The summed E-state index contributed by atoms with van der Waals surface area (Å²) in [5, 5.41) is 5.14. The van der Waals surface area contributed by atoms with Crippen LogP contribution in [0.2, 0.25) is 0 Å². The molecule has 3 amide bonds. The number of anilines is 1. The number of primary amides is 1. The molecule has 0 bridgehead atoms. The zero-order valence-corrected chi connectivity index (χ0v) is 17.5. The number of nitrogens with one attached hydrogen (secondary N) is 2. The standard InChI is InChI=1S/C19H30N4O4S/c1-13(2)12-17(22-19(20)25)18(24)21-15-4-6-16(7-5-15)28(26,27)23-10-8-14(3)9-11-23/h4-7,13-14,17H,8-12H2,1-3H3,(H,21,24)(H3,20,22,25).